The largest absolute Gasteiger partial charge is 0.393 e. The van der Waals surface area contributed by atoms with Crippen LogP contribution in [-0.4, -0.2) is 27.7 Å². The van der Waals surface area contributed by atoms with Crippen molar-refractivity contribution in [2.24, 2.45) is 5.92 Å². The number of hydrogen-bond acceptors (Lipinski definition) is 5. The Morgan fingerprint density at radius 2 is 2.05 bits per heavy atom. The average molecular weight is 264 g/mol. The summed E-state index contributed by atoms with van der Waals surface area (Å²) in [5.41, 5.74) is 6.78. The zero-order valence-electron chi connectivity index (χ0n) is 11.8. The molecule has 106 valence electrons. The molecule has 0 aromatic carbocycles. The minimum atomic E-state index is -0.189. The highest BCUT2D eigenvalue weighted by molar-refractivity contribution is 5.54. The lowest BCUT2D eigenvalue weighted by molar-refractivity contribution is 0.0763. The number of aliphatic hydroxyl groups is 1. The zero-order valence-corrected chi connectivity index (χ0v) is 11.8. The lowest BCUT2D eigenvalue weighted by Gasteiger charge is -2.28. The first kappa shape index (κ1) is 14.1. The molecule has 5 heteroatoms. The monoisotopic (exact) mass is 264 g/mol. The van der Waals surface area contributed by atoms with Gasteiger partial charge in [-0.25, -0.2) is 9.97 Å². The first-order valence-corrected chi connectivity index (χ1v) is 7.16. The van der Waals surface area contributed by atoms with E-state index >= 15 is 0 Å². The number of hydrogen-bond donors (Lipinski definition) is 3. The molecule has 0 aliphatic heterocycles. The number of nitrogens with one attached hydrogen (secondary N) is 1. The molecule has 1 aliphatic rings. The molecule has 1 aromatic rings. The van der Waals surface area contributed by atoms with Crippen LogP contribution in [0.2, 0.25) is 0 Å². The van der Waals surface area contributed by atoms with Gasteiger partial charge in [-0.15, -0.1) is 0 Å². The Morgan fingerprint density at radius 1 is 1.32 bits per heavy atom. The Bertz CT molecular complexity index is 436. The van der Waals surface area contributed by atoms with E-state index in [0.29, 0.717) is 11.7 Å². The van der Waals surface area contributed by atoms with Crippen LogP contribution in [0.4, 0.5) is 11.6 Å². The van der Waals surface area contributed by atoms with Crippen molar-refractivity contribution in [3.63, 3.8) is 0 Å². The second-order valence-electron chi connectivity index (χ2n) is 5.35. The summed E-state index contributed by atoms with van der Waals surface area (Å²) in [6, 6.07) is 0. The Balaban J connectivity index is 2.04. The van der Waals surface area contributed by atoms with Gasteiger partial charge >= 0.3 is 0 Å². The van der Waals surface area contributed by atoms with E-state index in [9.17, 15) is 5.11 Å². The van der Waals surface area contributed by atoms with E-state index in [-0.39, 0.29) is 6.10 Å². The fourth-order valence-electron chi connectivity index (χ4n) is 2.57. The number of nitrogens with zero attached hydrogens (tertiary/aromatic N) is 2. The minimum absolute atomic E-state index is 0.189. The van der Waals surface area contributed by atoms with Crippen LogP contribution in [0.15, 0.2) is 0 Å². The molecule has 1 fully saturated rings. The number of aryl methyl sites for hydroxylation is 1. The van der Waals surface area contributed by atoms with Crippen molar-refractivity contribution in [2.45, 2.75) is 52.1 Å². The van der Waals surface area contributed by atoms with Crippen molar-refractivity contribution in [3.8, 4) is 0 Å². The van der Waals surface area contributed by atoms with Gasteiger partial charge < -0.3 is 16.2 Å². The van der Waals surface area contributed by atoms with Gasteiger partial charge in [0.05, 0.1) is 6.10 Å². The van der Waals surface area contributed by atoms with Crippen molar-refractivity contribution in [1.82, 2.24) is 9.97 Å². The molecule has 2 atom stereocenters. The van der Waals surface area contributed by atoms with Gasteiger partial charge in [0.2, 0.25) is 0 Å². The predicted octanol–water partition coefficient (Wildman–Crippen LogP) is 1.89. The first-order chi connectivity index (χ1) is 9.11. The first-order valence-electron chi connectivity index (χ1n) is 7.16. The molecule has 0 saturated heterocycles. The summed E-state index contributed by atoms with van der Waals surface area (Å²) in [7, 11) is 0. The topological polar surface area (TPSA) is 84.1 Å². The fraction of sp³-hybridized carbons (Fsp3) is 0.714. The SMILES string of the molecule is CCc1nc(N)c(C)c(NCC2CCCCC2O)n1. The molecule has 5 nitrogen and oxygen atoms in total. The third-order valence-electron chi connectivity index (χ3n) is 3.95. The number of aromatic nitrogens is 2. The predicted molar refractivity (Wildman–Crippen MR) is 77.0 cm³/mol. The van der Waals surface area contributed by atoms with Crippen molar-refractivity contribution < 1.29 is 5.11 Å². The molecule has 19 heavy (non-hydrogen) atoms. The lowest BCUT2D eigenvalue weighted by atomic mass is 9.86. The van der Waals surface area contributed by atoms with Crippen molar-refractivity contribution in [1.29, 1.82) is 0 Å². The highest BCUT2D eigenvalue weighted by Crippen LogP contribution is 2.25. The van der Waals surface area contributed by atoms with Gasteiger partial charge in [-0.05, 0) is 19.8 Å². The summed E-state index contributed by atoms with van der Waals surface area (Å²) >= 11 is 0. The second-order valence-corrected chi connectivity index (χ2v) is 5.35. The van der Waals surface area contributed by atoms with Gasteiger partial charge in [-0.1, -0.05) is 19.8 Å². The molecule has 4 N–H and O–H groups in total. The molecular weight excluding hydrogens is 240 g/mol. The smallest absolute Gasteiger partial charge is 0.134 e. The van der Waals surface area contributed by atoms with E-state index in [1.165, 1.54) is 6.42 Å². The van der Waals surface area contributed by atoms with E-state index in [1.54, 1.807) is 0 Å². The quantitative estimate of drug-likeness (QED) is 0.773. The van der Waals surface area contributed by atoms with Gasteiger partial charge in [0, 0.05) is 24.4 Å². The Labute approximate surface area is 114 Å². The van der Waals surface area contributed by atoms with E-state index < -0.39 is 0 Å². The highest BCUT2D eigenvalue weighted by Gasteiger charge is 2.23. The van der Waals surface area contributed by atoms with Crippen LogP contribution in [0.5, 0.6) is 0 Å². The second kappa shape index (κ2) is 6.19. The standard InChI is InChI=1S/C14H24N4O/c1-3-12-17-13(15)9(2)14(18-12)16-8-10-6-4-5-7-11(10)19/h10-11,19H,3-8H2,1-2H3,(H3,15,16,17,18). The molecule has 1 aromatic heterocycles. The van der Waals surface area contributed by atoms with Gasteiger partial charge in [-0.2, -0.15) is 0 Å². The van der Waals surface area contributed by atoms with E-state index in [0.717, 1.165) is 49.4 Å². The zero-order chi connectivity index (χ0) is 13.8. The normalized spacial score (nSPS) is 23.3. The number of rotatable bonds is 4. The molecule has 1 aliphatic carbocycles. The lowest BCUT2D eigenvalue weighted by Crippen LogP contribution is -2.30. The number of nitrogens with two attached hydrogens (primary N) is 1. The van der Waals surface area contributed by atoms with Crippen LogP contribution >= 0.6 is 0 Å². The van der Waals surface area contributed by atoms with E-state index in [2.05, 4.69) is 15.3 Å². The molecule has 2 unspecified atom stereocenters. The van der Waals surface area contributed by atoms with Gasteiger partial charge in [0.25, 0.3) is 0 Å². The van der Waals surface area contributed by atoms with Crippen LogP contribution in [0.3, 0.4) is 0 Å². The molecule has 0 spiro atoms. The summed E-state index contributed by atoms with van der Waals surface area (Å²) in [5, 5.41) is 13.3. The maximum Gasteiger partial charge on any atom is 0.134 e. The van der Waals surface area contributed by atoms with E-state index in [1.807, 2.05) is 13.8 Å². The van der Waals surface area contributed by atoms with Crippen LogP contribution in [0.25, 0.3) is 0 Å². The summed E-state index contributed by atoms with van der Waals surface area (Å²) in [6.07, 6.45) is 4.91. The van der Waals surface area contributed by atoms with Gasteiger partial charge in [-0.3, -0.25) is 0 Å². The third kappa shape index (κ3) is 3.35. The Hall–Kier alpha value is -1.36. The molecule has 0 radical (unpaired) electrons. The Kier molecular flexibility index (Phi) is 4.58. The Morgan fingerprint density at radius 3 is 2.74 bits per heavy atom. The summed E-state index contributed by atoms with van der Waals surface area (Å²) in [4.78, 5) is 8.72. The average Bonchev–Trinajstić information content (AvgIpc) is 2.42. The molecule has 1 heterocycles. The maximum atomic E-state index is 9.97. The maximum absolute atomic E-state index is 9.97. The van der Waals surface area contributed by atoms with Gasteiger partial charge in [0.1, 0.15) is 17.5 Å². The third-order valence-corrected chi connectivity index (χ3v) is 3.95. The number of aliphatic hydroxyl groups excluding tert-OH is 1. The van der Waals surface area contributed by atoms with Crippen LogP contribution in [0, 0.1) is 12.8 Å². The molecule has 0 bridgehead atoms. The van der Waals surface area contributed by atoms with E-state index in [4.69, 9.17) is 5.73 Å². The van der Waals surface area contributed by atoms with Crippen LogP contribution in [0.1, 0.15) is 44.0 Å². The van der Waals surface area contributed by atoms with Crippen LogP contribution in [-0.2, 0) is 6.42 Å². The minimum Gasteiger partial charge on any atom is -0.393 e. The molecule has 0 amide bonds. The highest BCUT2D eigenvalue weighted by atomic mass is 16.3. The van der Waals surface area contributed by atoms with Crippen molar-refractivity contribution in [2.75, 3.05) is 17.6 Å². The fourth-order valence-corrected chi connectivity index (χ4v) is 2.57. The summed E-state index contributed by atoms with van der Waals surface area (Å²) in [5.74, 6) is 2.42. The number of anilines is 2. The molecule has 2 rings (SSSR count). The molecule has 1 saturated carbocycles. The van der Waals surface area contributed by atoms with Crippen molar-refractivity contribution >= 4 is 11.6 Å². The van der Waals surface area contributed by atoms with Crippen molar-refractivity contribution in [3.05, 3.63) is 11.4 Å². The number of nitrogen functional groups attached to an aromatic ring is 1. The summed E-state index contributed by atoms with van der Waals surface area (Å²) in [6.45, 7) is 4.69. The summed E-state index contributed by atoms with van der Waals surface area (Å²) < 4.78 is 0. The van der Waals surface area contributed by atoms with Crippen LogP contribution < -0.4 is 11.1 Å². The van der Waals surface area contributed by atoms with Gasteiger partial charge in [0.15, 0.2) is 0 Å². The molecular formula is C14H24N4O.